The normalized spacial score (nSPS) is 21.8. The molecule has 0 amide bonds. The molecule has 1 aromatic carbocycles. The molecule has 100 valence electrons. The van der Waals surface area contributed by atoms with E-state index in [4.69, 9.17) is 16.3 Å². The molecule has 0 radical (unpaired) electrons. The second kappa shape index (κ2) is 7.13. The molecule has 1 saturated heterocycles. The number of ether oxygens (including phenoxy) is 1. The predicted molar refractivity (Wildman–Crippen MR) is 76.1 cm³/mol. The lowest BCUT2D eigenvalue weighted by atomic mass is 10.0. The minimum Gasteiger partial charge on any atom is -0.377 e. The van der Waals surface area contributed by atoms with E-state index in [2.05, 4.69) is 24.4 Å². The zero-order valence-electron chi connectivity index (χ0n) is 11.0. The molecule has 0 saturated carbocycles. The molecule has 2 atom stereocenters. The monoisotopic (exact) mass is 267 g/mol. The number of halogens is 1. The van der Waals surface area contributed by atoms with Crippen LogP contribution in [0, 0.1) is 0 Å². The van der Waals surface area contributed by atoms with Crippen LogP contribution in [-0.2, 0) is 4.74 Å². The minimum atomic E-state index is 0.389. The second-order valence-corrected chi connectivity index (χ2v) is 5.35. The van der Waals surface area contributed by atoms with Crippen LogP contribution in [-0.4, -0.2) is 19.3 Å². The van der Waals surface area contributed by atoms with Gasteiger partial charge in [0.1, 0.15) is 0 Å². The van der Waals surface area contributed by atoms with E-state index in [1.54, 1.807) is 0 Å². The van der Waals surface area contributed by atoms with Crippen molar-refractivity contribution in [2.45, 2.75) is 44.8 Å². The first-order chi connectivity index (χ1) is 8.79. The van der Waals surface area contributed by atoms with Gasteiger partial charge in [0.25, 0.3) is 0 Å². The van der Waals surface area contributed by atoms with Crippen molar-refractivity contribution < 1.29 is 4.74 Å². The fourth-order valence-corrected chi connectivity index (χ4v) is 2.56. The maximum Gasteiger partial charge on any atom is 0.0699 e. The van der Waals surface area contributed by atoms with Gasteiger partial charge in [-0.15, -0.1) is 0 Å². The van der Waals surface area contributed by atoms with E-state index >= 15 is 0 Å². The van der Waals surface area contributed by atoms with Gasteiger partial charge >= 0.3 is 0 Å². The molecule has 1 N–H and O–H groups in total. The van der Waals surface area contributed by atoms with Gasteiger partial charge in [0, 0.05) is 24.2 Å². The summed E-state index contributed by atoms with van der Waals surface area (Å²) in [7, 11) is 0. The summed E-state index contributed by atoms with van der Waals surface area (Å²) in [6.45, 7) is 4.07. The Labute approximate surface area is 115 Å². The highest BCUT2D eigenvalue weighted by Crippen LogP contribution is 2.20. The van der Waals surface area contributed by atoms with Crippen molar-refractivity contribution >= 4 is 11.6 Å². The summed E-state index contributed by atoms with van der Waals surface area (Å²) < 4.78 is 5.74. The Morgan fingerprint density at radius 1 is 1.33 bits per heavy atom. The Balaban J connectivity index is 1.86. The average molecular weight is 268 g/mol. The molecule has 1 heterocycles. The lowest BCUT2D eigenvalue weighted by Crippen LogP contribution is -2.34. The highest BCUT2D eigenvalue weighted by Gasteiger charge is 2.16. The topological polar surface area (TPSA) is 21.3 Å². The molecule has 1 fully saturated rings. The Morgan fingerprint density at radius 2 is 2.11 bits per heavy atom. The van der Waals surface area contributed by atoms with Crippen molar-refractivity contribution in [2.24, 2.45) is 0 Å². The molecule has 2 nitrogen and oxygen atoms in total. The van der Waals surface area contributed by atoms with Crippen molar-refractivity contribution in [1.82, 2.24) is 5.32 Å². The summed E-state index contributed by atoms with van der Waals surface area (Å²) in [5, 5.41) is 4.40. The molecule has 2 unspecified atom stereocenters. The molecule has 0 bridgehead atoms. The lowest BCUT2D eigenvalue weighted by molar-refractivity contribution is 0.0152. The summed E-state index contributed by atoms with van der Waals surface area (Å²) in [6, 6.07) is 8.51. The van der Waals surface area contributed by atoms with Gasteiger partial charge in [-0.3, -0.25) is 0 Å². The summed E-state index contributed by atoms with van der Waals surface area (Å²) >= 11 is 5.92. The van der Waals surface area contributed by atoms with Gasteiger partial charge in [0.15, 0.2) is 0 Å². The summed E-state index contributed by atoms with van der Waals surface area (Å²) in [5.74, 6) is 0. The van der Waals surface area contributed by atoms with Crippen molar-refractivity contribution in [1.29, 1.82) is 0 Å². The van der Waals surface area contributed by atoms with Gasteiger partial charge in [-0.1, -0.05) is 30.7 Å². The maximum atomic E-state index is 5.92. The van der Waals surface area contributed by atoms with Crippen LogP contribution < -0.4 is 5.32 Å². The fraction of sp³-hybridized carbons (Fsp3) is 0.600. The van der Waals surface area contributed by atoms with E-state index in [1.807, 2.05) is 12.1 Å². The second-order valence-electron chi connectivity index (χ2n) is 4.91. The Kier molecular flexibility index (Phi) is 5.48. The van der Waals surface area contributed by atoms with Crippen molar-refractivity contribution in [3.05, 3.63) is 34.9 Å². The SMILES string of the molecule is CCC(NCC1CCCCO1)c1ccc(Cl)cc1. The first kappa shape index (κ1) is 13.9. The van der Waals surface area contributed by atoms with Crippen LogP contribution in [0.1, 0.15) is 44.2 Å². The van der Waals surface area contributed by atoms with Crippen LogP contribution in [0.3, 0.4) is 0 Å². The number of hydrogen-bond acceptors (Lipinski definition) is 2. The highest BCUT2D eigenvalue weighted by molar-refractivity contribution is 6.30. The van der Waals surface area contributed by atoms with Crippen molar-refractivity contribution in [3.63, 3.8) is 0 Å². The lowest BCUT2D eigenvalue weighted by Gasteiger charge is -2.26. The first-order valence-electron chi connectivity index (χ1n) is 6.90. The van der Waals surface area contributed by atoms with Crippen molar-refractivity contribution in [3.8, 4) is 0 Å². The summed E-state index contributed by atoms with van der Waals surface area (Å²) in [5.41, 5.74) is 1.30. The molecule has 0 aromatic heterocycles. The Hall–Kier alpha value is -0.570. The number of rotatable bonds is 5. The molecule has 1 aliphatic rings. The average Bonchev–Trinajstić information content (AvgIpc) is 2.42. The van der Waals surface area contributed by atoms with Crippen LogP contribution in [0.15, 0.2) is 24.3 Å². The molecule has 18 heavy (non-hydrogen) atoms. The third kappa shape index (κ3) is 3.98. The van der Waals surface area contributed by atoms with Crippen LogP contribution >= 0.6 is 11.6 Å². The van der Waals surface area contributed by atoms with Gasteiger partial charge in [-0.2, -0.15) is 0 Å². The standard InChI is InChI=1S/C15H22ClNO/c1-2-15(12-6-8-13(16)9-7-12)17-11-14-5-3-4-10-18-14/h6-9,14-15,17H,2-5,10-11H2,1H3. The minimum absolute atomic E-state index is 0.389. The van der Waals surface area contributed by atoms with Gasteiger partial charge < -0.3 is 10.1 Å². The van der Waals surface area contributed by atoms with Crippen LogP contribution in [0.2, 0.25) is 5.02 Å². The van der Waals surface area contributed by atoms with Gasteiger partial charge in [-0.05, 0) is 43.4 Å². The molecule has 1 aliphatic heterocycles. The van der Waals surface area contributed by atoms with E-state index in [0.29, 0.717) is 12.1 Å². The van der Waals surface area contributed by atoms with Gasteiger partial charge in [0.05, 0.1) is 6.10 Å². The van der Waals surface area contributed by atoms with E-state index in [1.165, 1.54) is 24.8 Å². The Morgan fingerprint density at radius 3 is 2.72 bits per heavy atom. The van der Waals surface area contributed by atoms with Gasteiger partial charge in [0.2, 0.25) is 0 Å². The number of nitrogens with one attached hydrogen (secondary N) is 1. The van der Waals surface area contributed by atoms with Crippen LogP contribution in [0.4, 0.5) is 0 Å². The molecule has 1 aromatic rings. The molecule has 0 aliphatic carbocycles. The fourth-order valence-electron chi connectivity index (χ4n) is 2.44. The molecular weight excluding hydrogens is 246 g/mol. The largest absolute Gasteiger partial charge is 0.377 e. The maximum absolute atomic E-state index is 5.92. The van der Waals surface area contributed by atoms with Crippen molar-refractivity contribution in [2.75, 3.05) is 13.2 Å². The van der Waals surface area contributed by atoms with E-state index in [9.17, 15) is 0 Å². The molecule has 3 heteroatoms. The van der Waals surface area contributed by atoms with E-state index in [-0.39, 0.29) is 0 Å². The summed E-state index contributed by atoms with van der Waals surface area (Å²) in [6.07, 6.45) is 5.16. The third-order valence-corrected chi connectivity index (χ3v) is 3.80. The quantitative estimate of drug-likeness (QED) is 0.872. The predicted octanol–water partition coefficient (Wildman–Crippen LogP) is 3.95. The van der Waals surface area contributed by atoms with E-state index in [0.717, 1.165) is 24.6 Å². The molecule has 2 rings (SSSR count). The first-order valence-corrected chi connectivity index (χ1v) is 7.28. The smallest absolute Gasteiger partial charge is 0.0699 e. The van der Waals surface area contributed by atoms with Crippen LogP contribution in [0.5, 0.6) is 0 Å². The Bertz CT molecular complexity index is 346. The van der Waals surface area contributed by atoms with Gasteiger partial charge in [-0.25, -0.2) is 0 Å². The summed E-state index contributed by atoms with van der Waals surface area (Å²) in [4.78, 5) is 0. The molecule has 0 spiro atoms. The zero-order chi connectivity index (χ0) is 12.8. The number of benzene rings is 1. The third-order valence-electron chi connectivity index (χ3n) is 3.55. The zero-order valence-corrected chi connectivity index (χ0v) is 11.7. The van der Waals surface area contributed by atoms with E-state index < -0.39 is 0 Å². The number of hydrogen-bond donors (Lipinski definition) is 1. The highest BCUT2D eigenvalue weighted by atomic mass is 35.5. The van der Waals surface area contributed by atoms with Crippen LogP contribution in [0.25, 0.3) is 0 Å². The molecular formula is C15H22ClNO.